The van der Waals surface area contributed by atoms with Crippen LogP contribution in [-0.2, 0) is 0 Å². The molecule has 0 radical (unpaired) electrons. The molecule has 0 saturated heterocycles. The molecule has 0 aliphatic rings. The van der Waals surface area contributed by atoms with Gasteiger partial charge in [0.1, 0.15) is 12.2 Å². The first kappa shape index (κ1) is 12.8. The van der Waals surface area contributed by atoms with Gasteiger partial charge in [-0.3, -0.25) is 10.4 Å². The lowest BCUT2D eigenvalue weighted by Gasteiger charge is -2.07. The number of nitrogens with zero attached hydrogens (tertiary/aromatic N) is 1. The number of amides is 2. The number of rotatable bonds is 3. The molecule has 0 saturated carbocycles. The molecule has 0 spiro atoms. The smallest absolute Gasteiger partial charge is 0.405 e. The van der Waals surface area contributed by atoms with Crippen LogP contribution in [0.5, 0.6) is 0 Å². The predicted octanol–water partition coefficient (Wildman–Crippen LogP) is 0.792. The zero-order chi connectivity index (χ0) is 13.1. The predicted molar refractivity (Wildman–Crippen MR) is 48.6 cm³/mol. The number of carbonyl (C=O) groups is 2. The standard InChI is InChI=1S/C7H7F3N4O3/c8-7(9,10)2-11-6(17)12-4-1-3(5(15)16)13-14-4/h1H,2H2,(H,15,16)(H3,11,12,13,14,17). The van der Waals surface area contributed by atoms with Crippen LogP contribution < -0.4 is 10.6 Å². The maximum absolute atomic E-state index is 11.7. The van der Waals surface area contributed by atoms with Gasteiger partial charge in [0, 0.05) is 6.07 Å². The van der Waals surface area contributed by atoms with Crippen molar-refractivity contribution in [1.82, 2.24) is 15.5 Å². The zero-order valence-corrected chi connectivity index (χ0v) is 8.13. The van der Waals surface area contributed by atoms with Gasteiger partial charge in [0.05, 0.1) is 0 Å². The number of carbonyl (C=O) groups excluding carboxylic acids is 1. The van der Waals surface area contributed by atoms with Gasteiger partial charge in [0.2, 0.25) is 0 Å². The van der Waals surface area contributed by atoms with Crippen molar-refractivity contribution in [3.63, 3.8) is 0 Å². The second-order valence-corrected chi connectivity index (χ2v) is 2.89. The molecule has 0 fully saturated rings. The highest BCUT2D eigenvalue weighted by Gasteiger charge is 2.27. The molecule has 0 unspecified atom stereocenters. The van der Waals surface area contributed by atoms with E-state index < -0.39 is 24.7 Å². The number of carboxylic acid groups (broad SMARTS) is 1. The highest BCUT2D eigenvalue weighted by Crippen LogP contribution is 2.12. The van der Waals surface area contributed by atoms with Crippen LogP contribution in [0.25, 0.3) is 0 Å². The van der Waals surface area contributed by atoms with Gasteiger partial charge in [-0.2, -0.15) is 18.3 Å². The van der Waals surface area contributed by atoms with Gasteiger partial charge in [-0.15, -0.1) is 0 Å². The summed E-state index contributed by atoms with van der Waals surface area (Å²) >= 11 is 0. The Labute approximate surface area is 92.0 Å². The fraction of sp³-hybridized carbons (Fsp3) is 0.286. The molecule has 1 rings (SSSR count). The molecule has 94 valence electrons. The highest BCUT2D eigenvalue weighted by atomic mass is 19.4. The molecule has 1 aromatic heterocycles. The average Bonchev–Trinajstić information content (AvgIpc) is 2.62. The lowest BCUT2D eigenvalue weighted by molar-refractivity contribution is -0.122. The number of hydrogen-bond donors (Lipinski definition) is 4. The minimum atomic E-state index is -4.52. The zero-order valence-electron chi connectivity index (χ0n) is 8.13. The summed E-state index contributed by atoms with van der Waals surface area (Å²) in [7, 11) is 0. The summed E-state index contributed by atoms with van der Waals surface area (Å²) in [6, 6.07) is -0.166. The van der Waals surface area contributed by atoms with Crippen molar-refractivity contribution >= 4 is 17.8 Å². The van der Waals surface area contributed by atoms with E-state index in [1.165, 1.54) is 5.32 Å². The number of aromatic nitrogens is 2. The van der Waals surface area contributed by atoms with Gasteiger partial charge in [0.25, 0.3) is 0 Å². The lowest BCUT2D eigenvalue weighted by Crippen LogP contribution is -2.36. The van der Waals surface area contributed by atoms with Gasteiger partial charge in [-0.25, -0.2) is 9.59 Å². The van der Waals surface area contributed by atoms with Crippen molar-refractivity contribution in [2.45, 2.75) is 6.18 Å². The normalized spacial score (nSPS) is 11.0. The number of urea groups is 1. The monoisotopic (exact) mass is 252 g/mol. The van der Waals surface area contributed by atoms with Crippen molar-refractivity contribution < 1.29 is 27.9 Å². The van der Waals surface area contributed by atoms with Crippen LogP contribution in [0.15, 0.2) is 6.07 Å². The third-order valence-electron chi connectivity index (χ3n) is 1.50. The summed E-state index contributed by atoms with van der Waals surface area (Å²) in [5, 5.41) is 17.4. The Morgan fingerprint density at radius 3 is 2.59 bits per heavy atom. The summed E-state index contributed by atoms with van der Waals surface area (Å²) in [6.07, 6.45) is -4.52. The lowest BCUT2D eigenvalue weighted by atomic mass is 10.4. The van der Waals surface area contributed by atoms with Crippen LogP contribution in [-0.4, -0.2) is 40.0 Å². The highest BCUT2D eigenvalue weighted by molar-refractivity contribution is 5.91. The quantitative estimate of drug-likeness (QED) is 0.637. The van der Waals surface area contributed by atoms with Crippen molar-refractivity contribution in [3.8, 4) is 0 Å². The van der Waals surface area contributed by atoms with Gasteiger partial charge in [-0.1, -0.05) is 0 Å². The van der Waals surface area contributed by atoms with Crippen molar-refractivity contribution in [3.05, 3.63) is 11.8 Å². The summed E-state index contributed by atoms with van der Waals surface area (Å²) in [5.41, 5.74) is -0.295. The number of halogens is 3. The van der Waals surface area contributed by atoms with Crippen molar-refractivity contribution in [1.29, 1.82) is 0 Å². The van der Waals surface area contributed by atoms with E-state index in [-0.39, 0.29) is 11.5 Å². The molecule has 0 aliphatic carbocycles. The van der Waals surface area contributed by atoms with E-state index in [2.05, 4.69) is 10.2 Å². The van der Waals surface area contributed by atoms with E-state index in [1.807, 2.05) is 5.32 Å². The van der Waals surface area contributed by atoms with Crippen molar-refractivity contribution in [2.75, 3.05) is 11.9 Å². The Balaban J connectivity index is 2.48. The average molecular weight is 252 g/mol. The Kier molecular flexibility index (Phi) is 3.55. The van der Waals surface area contributed by atoms with Crippen molar-refractivity contribution in [2.24, 2.45) is 0 Å². The largest absolute Gasteiger partial charge is 0.477 e. The summed E-state index contributed by atoms with van der Waals surface area (Å²) in [4.78, 5) is 21.3. The number of anilines is 1. The van der Waals surface area contributed by atoms with E-state index in [1.54, 1.807) is 0 Å². The van der Waals surface area contributed by atoms with Crippen LogP contribution in [0, 0.1) is 0 Å². The first-order chi connectivity index (χ1) is 7.78. The summed E-state index contributed by atoms with van der Waals surface area (Å²) in [6.45, 7) is -1.49. The molecule has 0 bridgehead atoms. The molecule has 2 amide bonds. The van der Waals surface area contributed by atoms with Gasteiger partial charge < -0.3 is 10.4 Å². The molecule has 17 heavy (non-hydrogen) atoms. The molecule has 7 nitrogen and oxygen atoms in total. The Bertz CT molecular complexity index is 428. The maximum atomic E-state index is 11.7. The molecule has 10 heteroatoms. The number of aromatic carboxylic acids is 1. The van der Waals surface area contributed by atoms with Crippen LogP contribution in [0.4, 0.5) is 23.8 Å². The number of aromatic amines is 1. The number of alkyl halides is 3. The van der Waals surface area contributed by atoms with Gasteiger partial charge >= 0.3 is 18.2 Å². The van der Waals surface area contributed by atoms with Gasteiger partial charge in [-0.05, 0) is 0 Å². The molecule has 4 N–H and O–H groups in total. The maximum Gasteiger partial charge on any atom is 0.405 e. The Hall–Kier alpha value is -2.26. The molecule has 1 heterocycles. The minimum Gasteiger partial charge on any atom is -0.477 e. The van der Waals surface area contributed by atoms with E-state index in [0.717, 1.165) is 6.07 Å². The fourth-order valence-electron chi connectivity index (χ4n) is 0.836. The number of hydrogen-bond acceptors (Lipinski definition) is 3. The topological polar surface area (TPSA) is 107 Å². The third kappa shape index (κ3) is 4.40. The Morgan fingerprint density at radius 2 is 2.12 bits per heavy atom. The molecular weight excluding hydrogens is 245 g/mol. The SMILES string of the molecule is O=C(NCC(F)(F)F)Nc1cc(C(=O)O)[nH]n1. The first-order valence-corrected chi connectivity index (χ1v) is 4.18. The fourth-order valence-corrected chi connectivity index (χ4v) is 0.836. The van der Waals surface area contributed by atoms with E-state index >= 15 is 0 Å². The summed E-state index contributed by atoms with van der Waals surface area (Å²) in [5.74, 6) is -1.50. The van der Waals surface area contributed by atoms with Crippen LogP contribution >= 0.6 is 0 Å². The van der Waals surface area contributed by atoms with Crippen LogP contribution in [0.2, 0.25) is 0 Å². The second-order valence-electron chi connectivity index (χ2n) is 2.89. The van der Waals surface area contributed by atoms with Crippen LogP contribution in [0.3, 0.4) is 0 Å². The molecule has 0 atom stereocenters. The van der Waals surface area contributed by atoms with E-state index in [9.17, 15) is 22.8 Å². The number of carboxylic acids is 1. The Morgan fingerprint density at radius 1 is 1.47 bits per heavy atom. The van der Waals surface area contributed by atoms with E-state index in [0.29, 0.717) is 0 Å². The van der Waals surface area contributed by atoms with Crippen LogP contribution in [0.1, 0.15) is 10.5 Å². The number of H-pyrrole nitrogens is 1. The number of nitrogens with one attached hydrogen (secondary N) is 3. The molecular formula is C7H7F3N4O3. The molecule has 1 aromatic rings. The van der Waals surface area contributed by atoms with Gasteiger partial charge in [0.15, 0.2) is 5.82 Å². The first-order valence-electron chi connectivity index (χ1n) is 4.18. The molecule has 0 aliphatic heterocycles. The third-order valence-corrected chi connectivity index (χ3v) is 1.50. The molecule has 0 aromatic carbocycles. The minimum absolute atomic E-state index is 0.193. The summed E-state index contributed by atoms with van der Waals surface area (Å²) < 4.78 is 35.2. The second kappa shape index (κ2) is 4.72. The van der Waals surface area contributed by atoms with E-state index in [4.69, 9.17) is 5.11 Å².